The van der Waals surface area contributed by atoms with Crippen LogP contribution in [0.4, 0.5) is 5.69 Å². The molecule has 1 saturated carbocycles. The Kier molecular flexibility index (Phi) is 12.3. The van der Waals surface area contributed by atoms with Gasteiger partial charge in [-0.1, -0.05) is 24.3 Å². The predicted octanol–water partition coefficient (Wildman–Crippen LogP) is 3.10. The lowest BCUT2D eigenvalue weighted by Gasteiger charge is -2.40. The molecule has 3 aliphatic rings. The van der Waals surface area contributed by atoms with Crippen molar-refractivity contribution in [2.75, 3.05) is 24.7 Å². The zero-order chi connectivity index (χ0) is 36.2. The van der Waals surface area contributed by atoms with Crippen LogP contribution >= 0.6 is 12.4 Å². The van der Waals surface area contributed by atoms with Gasteiger partial charge in [0.1, 0.15) is 5.69 Å². The summed E-state index contributed by atoms with van der Waals surface area (Å²) in [5, 5.41) is 20.8. The van der Waals surface area contributed by atoms with Crippen molar-refractivity contribution in [3.63, 3.8) is 0 Å². The fourth-order valence-electron chi connectivity index (χ4n) is 7.76. The number of hydrogen-bond acceptors (Lipinski definition) is 11. The van der Waals surface area contributed by atoms with Crippen molar-refractivity contribution in [1.29, 1.82) is 0 Å². The smallest absolute Gasteiger partial charge is 0.270 e. The second-order valence-corrected chi connectivity index (χ2v) is 14.4. The molecule has 2 bridgehead atoms. The van der Waals surface area contributed by atoms with Crippen LogP contribution in [0, 0.1) is 18.8 Å². The van der Waals surface area contributed by atoms with Crippen molar-refractivity contribution in [3.05, 3.63) is 77.6 Å². The number of imide groups is 1. The summed E-state index contributed by atoms with van der Waals surface area (Å²) in [5.74, 6) is -0.361. The average Bonchev–Trinajstić information content (AvgIpc) is 3.71. The Morgan fingerprint density at radius 3 is 2.28 bits per heavy atom. The number of benzene rings is 2. The number of nitrogens with one attached hydrogen (secondary N) is 3. The van der Waals surface area contributed by atoms with Crippen molar-refractivity contribution in [2.45, 2.75) is 76.0 Å². The number of H-pyrrole nitrogens is 1. The summed E-state index contributed by atoms with van der Waals surface area (Å²) >= 11 is 0. The number of amides is 3. The number of carbonyl (C=O) groups excluding carboxylic acids is 3. The minimum absolute atomic E-state index is 0. The van der Waals surface area contributed by atoms with E-state index in [2.05, 4.69) is 36.2 Å². The predicted molar refractivity (Wildman–Crippen MR) is 202 cm³/mol. The van der Waals surface area contributed by atoms with E-state index in [-0.39, 0.29) is 54.7 Å². The Labute approximate surface area is 314 Å². The highest BCUT2D eigenvalue weighted by atomic mass is 35.5. The summed E-state index contributed by atoms with van der Waals surface area (Å²) in [7, 11) is 0. The number of aromatic amines is 1. The van der Waals surface area contributed by atoms with Gasteiger partial charge in [0.25, 0.3) is 11.8 Å². The van der Waals surface area contributed by atoms with Crippen LogP contribution in [-0.4, -0.2) is 87.3 Å². The Hall–Kier alpha value is -4.60. The lowest BCUT2D eigenvalue weighted by Crippen LogP contribution is -2.58. The first-order chi connectivity index (χ1) is 25.2. The van der Waals surface area contributed by atoms with Gasteiger partial charge in [0.2, 0.25) is 11.7 Å². The number of anilines is 1. The van der Waals surface area contributed by atoms with Gasteiger partial charge in [0.05, 0.1) is 24.9 Å². The molecule has 7 rings (SSSR count). The van der Waals surface area contributed by atoms with Crippen molar-refractivity contribution in [2.24, 2.45) is 23.3 Å². The zero-order valence-electron chi connectivity index (χ0n) is 29.7. The quantitative estimate of drug-likeness (QED) is 0.160. The molecule has 0 radical (unpaired) electrons. The van der Waals surface area contributed by atoms with E-state index in [1.54, 1.807) is 30.5 Å². The number of ether oxygens (including phenoxy) is 1. The number of pyridine rings is 1. The van der Waals surface area contributed by atoms with Crippen LogP contribution in [0.25, 0.3) is 22.5 Å². The van der Waals surface area contributed by atoms with Gasteiger partial charge >= 0.3 is 0 Å². The normalized spacial score (nSPS) is 23.0. The fourth-order valence-corrected chi connectivity index (χ4v) is 7.76. The van der Waals surface area contributed by atoms with Gasteiger partial charge in [-0.15, -0.1) is 22.6 Å². The van der Waals surface area contributed by atoms with Gasteiger partial charge in [-0.25, -0.2) is 4.90 Å². The number of piperidine rings is 1. The third kappa shape index (κ3) is 8.79. The van der Waals surface area contributed by atoms with Crippen LogP contribution < -0.4 is 27.0 Å². The molecule has 0 spiro atoms. The first-order valence-electron chi connectivity index (χ1n) is 18.1. The largest absolute Gasteiger partial charge is 0.378 e. The summed E-state index contributed by atoms with van der Waals surface area (Å²) in [6.45, 7) is 3.90. The maximum absolute atomic E-state index is 14.0. The maximum atomic E-state index is 14.0. The van der Waals surface area contributed by atoms with Gasteiger partial charge in [0.15, 0.2) is 0 Å². The van der Waals surface area contributed by atoms with Gasteiger partial charge < -0.3 is 26.8 Å². The molecule has 14 nitrogen and oxygen atoms in total. The Morgan fingerprint density at radius 2 is 1.66 bits per heavy atom. The van der Waals surface area contributed by atoms with Gasteiger partial charge in [-0.05, 0) is 117 Å². The minimum atomic E-state index is -0.958. The highest BCUT2D eigenvalue weighted by Gasteiger charge is 2.36. The molecular formula is C38H47ClN10O4. The first-order valence-corrected chi connectivity index (χ1v) is 18.1. The van der Waals surface area contributed by atoms with E-state index in [1.165, 1.54) is 4.90 Å². The number of morpholine rings is 1. The second-order valence-electron chi connectivity index (χ2n) is 14.4. The lowest BCUT2D eigenvalue weighted by atomic mass is 9.81. The van der Waals surface area contributed by atoms with E-state index >= 15 is 0 Å². The number of nitrogens with zero attached hydrogens (tertiary/aromatic N) is 5. The van der Waals surface area contributed by atoms with Gasteiger partial charge in [-0.2, -0.15) is 5.21 Å². The van der Waals surface area contributed by atoms with Crippen LogP contribution in [-0.2, 0) is 20.7 Å². The molecule has 2 aromatic heterocycles. The molecule has 2 aromatic carbocycles. The molecule has 4 aromatic rings. The molecule has 7 N–H and O–H groups in total. The number of halogens is 1. The number of aromatic nitrogens is 5. The van der Waals surface area contributed by atoms with Crippen LogP contribution in [0.1, 0.15) is 60.1 Å². The fraction of sp³-hybridized carbons (Fsp3) is 0.447. The Balaban J connectivity index is 0.00000481. The number of carbonyl (C=O) groups is 3. The van der Waals surface area contributed by atoms with Crippen LogP contribution in [0.3, 0.4) is 0 Å². The molecule has 2 saturated heterocycles. The summed E-state index contributed by atoms with van der Waals surface area (Å²) in [4.78, 5) is 46.9. The summed E-state index contributed by atoms with van der Waals surface area (Å²) in [6.07, 6.45) is 6.70. The van der Waals surface area contributed by atoms with Crippen molar-refractivity contribution in [3.8, 4) is 22.5 Å². The third-order valence-corrected chi connectivity index (χ3v) is 10.7. The highest BCUT2D eigenvalue weighted by molar-refractivity contribution is 6.17. The molecule has 2 unspecified atom stereocenters. The molecule has 3 fully saturated rings. The molecular weight excluding hydrogens is 696 g/mol. The maximum Gasteiger partial charge on any atom is 0.270 e. The highest BCUT2D eigenvalue weighted by Crippen LogP contribution is 2.32. The van der Waals surface area contributed by atoms with Gasteiger partial charge in [0, 0.05) is 41.4 Å². The average molecular weight is 743 g/mol. The number of hydrogen-bond donors (Lipinski definition) is 5. The molecule has 53 heavy (non-hydrogen) atoms. The summed E-state index contributed by atoms with van der Waals surface area (Å²) < 4.78 is 5.62. The lowest BCUT2D eigenvalue weighted by molar-refractivity contribution is -0.130. The molecule has 280 valence electrons. The summed E-state index contributed by atoms with van der Waals surface area (Å²) in [6, 6.07) is 16.2. The minimum Gasteiger partial charge on any atom is -0.378 e. The van der Waals surface area contributed by atoms with E-state index < -0.39 is 11.9 Å². The van der Waals surface area contributed by atoms with E-state index in [4.69, 9.17) is 16.2 Å². The number of fused-ring (bicyclic) bond motifs is 2. The van der Waals surface area contributed by atoms with E-state index in [0.29, 0.717) is 61.3 Å². The topological polar surface area (TPSA) is 207 Å². The first kappa shape index (κ1) is 38.1. The number of tetrazole rings is 1. The van der Waals surface area contributed by atoms with Crippen LogP contribution in [0.5, 0.6) is 0 Å². The van der Waals surface area contributed by atoms with Gasteiger partial charge in [-0.3, -0.25) is 19.4 Å². The SMILES string of the molecule is Cc1cc(C(=O)NC2CC3COCC(C2)N3)ncc1-c1ccc(C[C@H](N)C(=O)N(C(=O)C2CCC(CN)CC2)c2ccc(-c3nn[nH]n3)cc2)cc1.Cl. The Morgan fingerprint density at radius 1 is 0.981 bits per heavy atom. The number of aryl methyl sites for hydroxylation is 1. The van der Waals surface area contributed by atoms with Crippen molar-refractivity contribution in [1.82, 2.24) is 36.2 Å². The van der Waals surface area contributed by atoms with Crippen molar-refractivity contribution >= 4 is 35.8 Å². The second kappa shape index (κ2) is 17.0. The standard InChI is InChI=1S/C38H46N10O4.ClH/c1-22-14-34(36(49)43-28-16-29-20-52-21-30(17-28)42-29)41-19-32(22)25-6-2-23(3-7-25)15-33(40)38(51)48(37(50)27-8-4-24(18-39)5-9-27)31-12-10-26(11-13-31)35-44-46-47-45-35;/h2-3,6-7,10-14,19,24,27-30,33,42H,4-5,8-9,15-18,20-21,39-40H2,1H3,(H,43,49)(H,44,45,46,47);1H/t24?,27?,28?,29?,30?,33-;/m0./s1. The number of nitrogens with two attached hydrogens (primary N) is 2. The molecule has 15 heteroatoms. The Bertz CT molecular complexity index is 1850. The van der Waals surface area contributed by atoms with E-state index in [1.807, 2.05) is 37.3 Å². The monoisotopic (exact) mass is 742 g/mol. The van der Waals surface area contributed by atoms with Crippen LogP contribution in [0.2, 0.25) is 0 Å². The molecule has 3 atom stereocenters. The molecule has 3 amide bonds. The summed E-state index contributed by atoms with van der Waals surface area (Å²) in [5.41, 5.74) is 17.6. The zero-order valence-corrected chi connectivity index (χ0v) is 30.6. The molecule has 1 aliphatic carbocycles. The van der Waals surface area contributed by atoms with E-state index in [9.17, 15) is 14.4 Å². The number of rotatable bonds is 10. The molecule has 4 heterocycles. The van der Waals surface area contributed by atoms with Crippen molar-refractivity contribution < 1.29 is 19.1 Å². The van der Waals surface area contributed by atoms with E-state index in [0.717, 1.165) is 47.9 Å². The molecule has 2 aliphatic heterocycles. The van der Waals surface area contributed by atoms with Crippen LogP contribution in [0.15, 0.2) is 60.8 Å². The third-order valence-electron chi connectivity index (χ3n) is 10.7.